The van der Waals surface area contributed by atoms with E-state index in [1.165, 1.54) is 12.5 Å². The number of nitrogens with zero attached hydrogens (tertiary/aromatic N) is 1. The van der Waals surface area contributed by atoms with Gasteiger partial charge in [-0.3, -0.25) is 4.79 Å². The van der Waals surface area contributed by atoms with E-state index in [-0.39, 0.29) is 18.0 Å². The number of likely N-dealkylation sites (tertiary alicyclic amines) is 1. The minimum atomic E-state index is 0.0242. The summed E-state index contributed by atoms with van der Waals surface area (Å²) in [5, 5.41) is 0. The maximum Gasteiger partial charge on any atom is 0.257 e. The molecule has 2 heterocycles. The van der Waals surface area contributed by atoms with Crippen molar-refractivity contribution < 1.29 is 9.21 Å². The molecule has 0 saturated carbocycles. The quantitative estimate of drug-likeness (QED) is 0.827. The van der Waals surface area contributed by atoms with Crippen LogP contribution in [0.3, 0.4) is 0 Å². The molecule has 2 atom stereocenters. The van der Waals surface area contributed by atoms with Crippen LogP contribution in [-0.4, -0.2) is 29.4 Å². The molecular formula is C12H18N2O2. The zero-order valence-corrected chi connectivity index (χ0v) is 9.56. The molecule has 4 heteroatoms. The molecule has 0 aromatic carbocycles. The van der Waals surface area contributed by atoms with Gasteiger partial charge in [0.05, 0.1) is 11.8 Å². The lowest BCUT2D eigenvalue weighted by Gasteiger charge is -2.37. The Kier molecular flexibility index (Phi) is 3.29. The van der Waals surface area contributed by atoms with Crippen LogP contribution in [0.25, 0.3) is 0 Å². The van der Waals surface area contributed by atoms with Gasteiger partial charge in [-0.1, -0.05) is 0 Å². The van der Waals surface area contributed by atoms with E-state index in [4.69, 9.17) is 10.2 Å². The number of piperidine rings is 1. The lowest BCUT2D eigenvalue weighted by atomic mass is 9.96. The monoisotopic (exact) mass is 222 g/mol. The molecule has 0 spiro atoms. The van der Waals surface area contributed by atoms with Crippen molar-refractivity contribution in [2.75, 3.05) is 6.54 Å². The number of carbonyl (C=O) groups excluding carboxylic acids is 1. The Hall–Kier alpha value is -1.29. The van der Waals surface area contributed by atoms with Gasteiger partial charge in [0.1, 0.15) is 6.26 Å². The van der Waals surface area contributed by atoms with Gasteiger partial charge in [0.2, 0.25) is 0 Å². The van der Waals surface area contributed by atoms with Crippen LogP contribution < -0.4 is 5.73 Å². The van der Waals surface area contributed by atoms with Gasteiger partial charge in [0.25, 0.3) is 5.91 Å². The molecule has 1 fully saturated rings. The highest BCUT2D eigenvalue weighted by Gasteiger charge is 2.30. The Morgan fingerprint density at radius 3 is 3.06 bits per heavy atom. The molecule has 2 unspecified atom stereocenters. The number of furan rings is 1. The van der Waals surface area contributed by atoms with Crippen molar-refractivity contribution in [3.05, 3.63) is 24.2 Å². The van der Waals surface area contributed by atoms with Crippen molar-refractivity contribution in [3.63, 3.8) is 0 Å². The van der Waals surface area contributed by atoms with Crippen molar-refractivity contribution in [1.29, 1.82) is 0 Å². The Morgan fingerprint density at radius 2 is 2.44 bits per heavy atom. The van der Waals surface area contributed by atoms with Crippen LogP contribution in [0.2, 0.25) is 0 Å². The minimum Gasteiger partial charge on any atom is -0.472 e. The molecule has 88 valence electrons. The van der Waals surface area contributed by atoms with Crippen LogP contribution >= 0.6 is 0 Å². The van der Waals surface area contributed by atoms with Gasteiger partial charge >= 0.3 is 0 Å². The summed E-state index contributed by atoms with van der Waals surface area (Å²) < 4.78 is 4.94. The molecular weight excluding hydrogens is 204 g/mol. The molecule has 2 rings (SSSR count). The molecule has 0 bridgehead atoms. The fourth-order valence-corrected chi connectivity index (χ4v) is 2.31. The fourth-order valence-electron chi connectivity index (χ4n) is 2.31. The van der Waals surface area contributed by atoms with E-state index in [2.05, 4.69) is 0 Å². The van der Waals surface area contributed by atoms with Crippen LogP contribution in [0.5, 0.6) is 0 Å². The molecule has 1 aromatic rings. The smallest absolute Gasteiger partial charge is 0.257 e. The lowest BCUT2D eigenvalue weighted by molar-refractivity contribution is 0.0583. The highest BCUT2D eigenvalue weighted by atomic mass is 16.3. The SMILES string of the molecule is CC(N)C1CCCCN1C(=O)c1ccoc1. The summed E-state index contributed by atoms with van der Waals surface area (Å²) in [5.74, 6) is 0.0377. The molecule has 1 amide bonds. The summed E-state index contributed by atoms with van der Waals surface area (Å²) in [5.41, 5.74) is 6.55. The van der Waals surface area contributed by atoms with E-state index in [1.54, 1.807) is 6.07 Å². The molecule has 1 aliphatic rings. The van der Waals surface area contributed by atoms with Crippen molar-refractivity contribution in [3.8, 4) is 0 Å². The summed E-state index contributed by atoms with van der Waals surface area (Å²) in [4.78, 5) is 14.1. The maximum absolute atomic E-state index is 12.2. The van der Waals surface area contributed by atoms with Crippen molar-refractivity contribution in [1.82, 2.24) is 4.90 Å². The van der Waals surface area contributed by atoms with Gasteiger partial charge in [-0.05, 0) is 32.3 Å². The molecule has 1 aliphatic heterocycles. The molecule has 16 heavy (non-hydrogen) atoms. The zero-order valence-electron chi connectivity index (χ0n) is 9.56. The van der Waals surface area contributed by atoms with Crippen molar-refractivity contribution in [2.24, 2.45) is 5.73 Å². The lowest BCUT2D eigenvalue weighted by Crippen LogP contribution is -2.51. The first-order valence-corrected chi connectivity index (χ1v) is 5.79. The van der Waals surface area contributed by atoms with Gasteiger partial charge < -0.3 is 15.1 Å². The first-order valence-electron chi connectivity index (χ1n) is 5.79. The Balaban J connectivity index is 2.14. The maximum atomic E-state index is 12.2. The van der Waals surface area contributed by atoms with Crippen LogP contribution in [-0.2, 0) is 0 Å². The van der Waals surface area contributed by atoms with Crippen LogP contribution in [0.15, 0.2) is 23.0 Å². The van der Waals surface area contributed by atoms with Gasteiger partial charge in [0, 0.05) is 18.6 Å². The number of nitrogens with two attached hydrogens (primary N) is 1. The third-order valence-corrected chi connectivity index (χ3v) is 3.19. The second kappa shape index (κ2) is 4.70. The van der Waals surface area contributed by atoms with Crippen LogP contribution in [0, 0.1) is 0 Å². The van der Waals surface area contributed by atoms with E-state index in [0.29, 0.717) is 5.56 Å². The van der Waals surface area contributed by atoms with Crippen LogP contribution in [0.4, 0.5) is 0 Å². The summed E-state index contributed by atoms with van der Waals surface area (Å²) in [7, 11) is 0. The van der Waals surface area contributed by atoms with Gasteiger partial charge in [-0.25, -0.2) is 0 Å². The Bertz CT molecular complexity index is 346. The highest BCUT2D eigenvalue weighted by molar-refractivity contribution is 5.94. The van der Waals surface area contributed by atoms with Crippen molar-refractivity contribution >= 4 is 5.91 Å². The van der Waals surface area contributed by atoms with E-state index in [1.807, 2.05) is 11.8 Å². The Labute approximate surface area is 95.4 Å². The number of amides is 1. The van der Waals surface area contributed by atoms with E-state index in [0.717, 1.165) is 25.8 Å². The third-order valence-electron chi connectivity index (χ3n) is 3.19. The first-order chi connectivity index (χ1) is 7.70. The average molecular weight is 222 g/mol. The summed E-state index contributed by atoms with van der Waals surface area (Å²) in [6.07, 6.45) is 6.24. The molecule has 0 aliphatic carbocycles. The second-order valence-electron chi connectivity index (χ2n) is 4.43. The zero-order chi connectivity index (χ0) is 11.5. The van der Waals surface area contributed by atoms with Crippen LogP contribution in [0.1, 0.15) is 36.5 Å². The van der Waals surface area contributed by atoms with E-state index in [9.17, 15) is 4.79 Å². The van der Waals surface area contributed by atoms with Gasteiger partial charge in [-0.15, -0.1) is 0 Å². The minimum absolute atomic E-state index is 0.0242. The summed E-state index contributed by atoms with van der Waals surface area (Å²) in [6, 6.07) is 1.89. The topological polar surface area (TPSA) is 59.5 Å². The number of rotatable bonds is 2. The number of carbonyl (C=O) groups is 1. The van der Waals surface area contributed by atoms with E-state index < -0.39 is 0 Å². The Morgan fingerprint density at radius 1 is 1.62 bits per heavy atom. The average Bonchev–Trinajstić information content (AvgIpc) is 2.81. The molecule has 2 N–H and O–H groups in total. The number of hydrogen-bond donors (Lipinski definition) is 1. The predicted molar refractivity (Wildman–Crippen MR) is 61.0 cm³/mol. The second-order valence-corrected chi connectivity index (χ2v) is 4.43. The highest BCUT2D eigenvalue weighted by Crippen LogP contribution is 2.21. The third kappa shape index (κ3) is 2.11. The molecule has 1 saturated heterocycles. The van der Waals surface area contributed by atoms with Gasteiger partial charge in [-0.2, -0.15) is 0 Å². The predicted octanol–water partition coefficient (Wildman–Crippen LogP) is 1.62. The summed E-state index contributed by atoms with van der Waals surface area (Å²) >= 11 is 0. The first kappa shape index (κ1) is 11.2. The molecule has 1 aromatic heterocycles. The van der Waals surface area contributed by atoms with E-state index >= 15 is 0 Å². The largest absolute Gasteiger partial charge is 0.472 e. The fraction of sp³-hybridized carbons (Fsp3) is 0.583. The molecule has 0 radical (unpaired) electrons. The van der Waals surface area contributed by atoms with Crippen molar-refractivity contribution in [2.45, 2.75) is 38.3 Å². The number of hydrogen-bond acceptors (Lipinski definition) is 3. The summed E-state index contributed by atoms with van der Waals surface area (Å²) in [6.45, 7) is 2.77. The van der Waals surface area contributed by atoms with Gasteiger partial charge in [0.15, 0.2) is 0 Å². The molecule has 4 nitrogen and oxygen atoms in total. The standard InChI is InChI=1S/C12H18N2O2/c1-9(13)11-4-2-3-6-14(11)12(15)10-5-7-16-8-10/h5,7-9,11H,2-4,6,13H2,1H3. The normalized spacial score (nSPS) is 23.1.